The maximum Gasteiger partial charge on any atom is 0.407 e. The second-order valence-corrected chi connectivity index (χ2v) is 15.8. The minimum atomic E-state index is -0.897. The normalized spacial score (nSPS) is 16.0. The molecule has 3 unspecified atom stereocenters. The number of H-pyrrole nitrogens is 2. The highest BCUT2D eigenvalue weighted by Gasteiger charge is 2.35. The number of carbonyl (C=O) groups is 3. The van der Waals surface area contributed by atoms with Gasteiger partial charge in [-0.1, -0.05) is 93.6 Å². The molecule has 0 spiro atoms. The van der Waals surface area contributed by atoms with E-state index >= 15 is 0 Å². The summed E-state index contributed by atoms with van der Waals surface area (Å²) in [4.78, 5) is 60.2. The summed E-state index contributed by atoms with van der Waals surface area (Å²) in [6.45, 7) is 7.00. The van der Waals surface area contributed by atoms with Crippen molar-refractivity contribution >= 4 is 50.5 Å². The van der Waals surface area contributed by atoms with Crippen LogP contribution < -0.4 is 5.32 Å². The third-order valence-electron chi connectivity index (χ3n) is 11.9. The van der Waals surface area contributed by atoms with E-state index in [1.165, 1.54) is 7.11 Å². The zero-order valence-electron chi connectivity index (χ0n) is 34.8. The van der Waals surface area contributed by atoms with Crippen molar-refractivity contribution in [2.45, 2.75) is 90.4 Å². The Balaban J connectivity index is 1.01. The molecule has 0 radical (unpaired) electrons. The molecule has 3 amide bonds. The lowest BCUT2D eigenvalue weighted by molar-refractivity contribution is -0.139. The van der Waals surface area contributed by atoms with E-state index in [0.29, 0.717) is 24.4 Å². The summed E-state index contributed by atoms with van der Waals surface area (Å²) in [5, 5.41) is 7.07. The number of piperidine rings is 1. The van der Waals surface area contributed by atoms with Gasteiger partial charge in [0.2, 0.25) is 11.8 Å². The van der Waals surface area contributed by atoms with Crippen molar-refractivity contribution in [2.75, 3.05) is 13.7 Å². The number of amides is 3. The molecule has 3 heterocycles. The van der Waals surface area contributed by atoms with Crippen LogP contribution in [-0.2, 0) is 20.9 Å². The first kappa shape index (κ1) is 40.3. The second-order valence-electron chi connectivity index (χ2n) is 15.8. The number of methoxy groups -OCH3 is 1. The molecule has 11 nitrogen and oxygen atoms in total. The summed E-state index contributed by atoms with van der Waals surface area (Å²) in [6, 6.07) is 32.2. The molecule has 1 fully saturated rings. The van der Waals surface area contributed by atoms with Crippen LogP contribution in [0.5, 0.6) is 0 Å². The van der Waals surface area contributed by atoms with Crippen molar-refractivity contribution in [1.82, 2.24) is 35.1 Å². The number of hydrogen-bond donors (Lipinski definition) is 3. The molecule has 308 valence electrons. The topological polar surface area (TPSA) is 136 Å². The van der Waals surface area contributed by atoms with Gasteiger partial charge < -0.3 is 29.8 Å². The first-order valence-electron chi connectivity index (χ1n) is 21.3. The molecule has 2 aromatic heterocycles. The number of nitrogens with one attached hydrogen (secondary N) is 3. The lowest BCUT2D eigenvalue weighted by Crippen LogP contribution is -2.45. The van der Waals surface area contributed by atoms with Gasteiger partial charge in [0.15, 0.2) is 0 Å². The van der Waals surface area contributed by atoms with E-state index in [1.807, 2.05) is 49.5 Å². The third-order valence-corrected chi connectivity index (χ3v) is 11.9. The van der Waals surface area contributed by atoms with Crippen molar-refractivity contribution < 1.29 is 19.1 Å². The molecule has 7 aromatic rings. The number of carbonyl (C=O) groups excluding carboxylic acids is 3. The SMILES string of the molecule is CCCC(=O)N1C(CC)CCCC1c1ncc(-c2ccc3cc(-c4ccc5c(ccc6[nH]c(CN(CCC)C(=O)C(NC(=O)OC)c7ccccc7)nc65)c4)ccc3c2)[nH]1. The summed E-state index contributed by atoms with van der Waals surface area (Å²) in [5.74, 6) is 1.53. The van der Waals surface area contributed by atoms with Crippen LogP contribution in [0.4, 0.5) is 4.79 Å². The van der Waals surface area contributed by atoms with Crippen LogP contribution in [0.3, 0.4) is 0 Å². The van der Waals surface area contributed by atoms with Crippen molar-refractivity contribution in [2.24, 2.45) is 0 Å². The van der Waals surface area contributed by atoms with Gasteiger partial charge in [0.25, 0.3) is 0 Å². The van der Waals surface area contributed by atoms with Crippen LogP contribution in [0.1, 0.15) is 95.0 Å². The number of hydrogen-bond acceptors (Lipinski definition) is 6. The van der Waals surface area contributed by atoms with Crippen LogP contribution >= 0.6 is 0 Å². The minimum Gasteiger partial charge on any atom is -0.453 e. The third kappa shape index (κ3) is 8.21. The number of ether oxygens (including phenoxy) is 1. The van der Waals surface area contributed by atoms with Gasteiger partial charge in [0.05, 0.1) is 42.6 Å². The van der Waals surface area contributed by atoms with Gasteiger partial charge in [0.1, 0.15) is 17.7 Å². The van der Waals surface area contributed by atoms with E-state index in [1.54, 1.807) is 4.90 Å². The Kier molecular flexibility index (Phi) is 11.9. The Morgan fingerprint density at radius 2 is 1.57 bits per heavy atom. The zero-order valence-corrected chi connectivity index (χ0v) is 34.8. The van der Waals surface area contributed by atoms with Crippen LogP contribution in [0.25, 0.3) is 55.0 Å². The van der Waals surface area contributed by atoms with Crippen LogP contribution in [0, 0.1) is 0 Å². The van der Waals surface area contributed by atoms with E-state index in [4.69, 9.17) is 14.7 Å². The molecule has 1 aliphatic heterocycles. The molecule has 0 aliphatic carbocycles. The summed E-state index contributed by atoms with van der Waals surface area (Å²) in [5.41, 5.74) is 6.64. The Labute approximate surface area is 350 Å². The molecule has 5 aromatic carbocycles. The van der Waals surface area contributed by atoms with Gasteiger partial charge in [-0.25, -0.2) is 14.8 Å². The van der Waals surface area contributed by atoms with E-state index < -0.39 is 12.1 Å². The summed E-state index contributed by atoms with van der Waals surface area (Å²) in [6.07, 6.45) is 7.42. The highest BCUT2D eigenvalue weighted by atomic mass is 16.5. The van der Waals surface area contributed by atoms with E-state index in [0.717, 1.165) is 99.3 Å². The molecule has 3 N–H and O–H groups in total. The van der Waals surface area contributed by atoms with Gasteiger partial charge in [-0.2, -0.15) is 0 Å². The average Bonchev–Trinajstić information content (AvgIpc) is 3.95. The van der Waals surface area contributed by atoms with Crippen LogP contribution in [0.15, 0.2) is 103 Å². The highest BCUT2D eigenvalue weighted by Crippen LogP contribution is 2.37. The van der Waals surface area contributed by atoms with E-state index in [-0.39, 0.29) is 30.4 Å². The number of likely N-dealkylation sites (tertiary alicyclic amines) is 1. The van der Waals surface area contributed by atoms with Crippen LogP contribution in [-0.4, -0.2) is 67.3 Å². The maximum absolute atomic E-state index is 14.0. The molecule has 0 saturated carbocycles. The fourth-order valence-electron chi connectivity index (χ4n) is 8.83. The number of nitrogens with zero attached hydrogens (tertiary/aromatic N) is 4. The Morgan fingerprint density at radius 3 is 2.30 bits per heavy atom. The number of benzene rings is 5. The summed E-state index contributed by atoms with van der Waals surface area (Å²) in [7, 11) is 1.29. The van der Waals surface area contributed by atoms with Gasteiger partial charge in [-0.05, 0) is 95.6 Å². The quantitative estimate of drug-likeness (QED) is 0.106. The van der Waals surface area contributed by atoms with Crippen LogP contribution in [0.2, 0.25) is 0 Å². The monoisotopic (exact) mass is 803 g/mol. The van der Waals surface area contributed by atoms with Gasteiger partial charge in [-0.3, -0.25) is 9.59 Å². The molecule has 0 bridgehead atoms. The smallest absolute Gasteiger partial charge is 0.407 e. The summed E-state index contributed by atoms with van der Waals surface area (Å²) >= 11 is 0. The predicted octanol–water partition coefficient (Wildman–Crippen LogP) is 10.4. The molecular weight excluding hydrogens is 751 g/mol. The largest absolute Gasteiger partial charge is 0.453 e. The van der Waals surface area contributed by atoms with Gasteiger partial charge in [-0.15, -0.1) is 0 Å². The Morgan fingerprint density at radius 1 is 0.850 bits per heavy atom. The van der Waals surface area contributed by atoms with Gasteiger partial charge >= 0.3 is 6.09 Å². The number of aromatic amines is 2. The van der Waals surface area contributed by atoms with Crippen molar-refractivity contribution in [1.29, 1.82) is 0 Å². The fourth-order valence-corrected chi connectivity index (χ4v) is 8.83. The lowest BCUT2D eigenvalue weighted by atomic mass is 9.93. The number of aromatic nitrogens is 4. The van der Waals surface area contributed by atoms with Crippen molar-refractivity contribution in [3.63, 3.8) is 0 Å². The molecule has 11 heteroatoms. The molecular formula is C49H53N7O4. The summed E-state index contributed by atoms with van der Waals surface area (Å²) < 4.78 is 4.85. The zero-order chi connectivity index (χ0) is 41.8. The lowest BCUT2D eigenvalue weighted by Gasteiger charge is -2.41. The highest BCUT2D eigenvalue weighted by molar-refractivity contribution is 6.05. The van der Waals surface area contributed by atoms with Crippen molar-refractivity contribution in [3.8, 4) is 22.4 Å². The van der Waals surface area contributed by atoms with E-state index in [2.05, 4.69) is 94.7 Å². The molecule has 8 rings (SSSR count). The second kappa shape index (κ2) is 17.8. The predicted molar refractivity (Wildman–Crippen MR) is 237 cm³/mol. The van der Waals surface area contributed by atoms with Gasteiger partial charge in [0, 0.05) is 30.0 Å². The maximum atomic E-state index is 14.0. The molecule has 1 saturated heterocycles. The number of fused-ring (bicyclic) bond motifs is 4. The standard InChI is InChI=1S/C49H53N7O4/c1-5-12-44(57)56-38(7-3)15-11-16-42(56)47-50-29-41(52-47)37-20-19-33-26-32(17-18-34(33)28-37)35-21-23-39-36(27-35)22-24-40-46(39)53-43(51-40)30-55(25-6-2)48(58)45(54-49(59)60-4)31-13-9-8-10-14-31/h8-10,13-14,17-24,26-29,38,42,45H,5-7,11-12,15-16,25,30H2,1-4H3,(H,50,52)(H,51,53)(H,54,59). The minimum absolute atomic E-state index is 0.0177. The Bertz CT molecular complexity index is 2650. The number of alkyl carbamates (subject to hydrolysis) is 1. The van der Waals surface area contributed by atoms with Crippen molar-refractivity contribution in [3.05, 3.63) is 120 Å². The molecule has 1 aliphatic rings. The average molecular weight is 804 g/mol. The molecule has 60 heavy (non-hydrogen) atoms. The number of imidazole rings is 2. The first-order chi connectivity index (χ1) is 29.3. The molecule has 3 atom stereocenters. The number of rotatable bonds is 13. The van der Waals surface area contributed by atoms with E-state index in [9.17, 15) is 14.4 Å². The first-order valence-corrected chi connectivity index (χ1v) is 21.3. The fraction of sp³-hybridized carbons (Fsp3) is 0.327. The Hall–Kier alpha value is -6.49.